The molecule has 10 heteroatoms. The van der Waals surface area contributed by atoms with E-state index in [4.69, 9.17) is 23.4 Å². The molecule has 0 fully saturated rings. The van der Waals surface area contributed by atoms with Crippen molar-refractivity contribution in [2.75, 3.05) is 21.3 Å². The topological polar surface area (TPSA) is 93.1 Å². The van der Waals surface area contributed by atoms with Gasteiger partial charge in [-0.1, -0.05) is 24.3 Å². The third kappa shape index (κ3) is 4.43. The number of nitrogens with zero attached hydrogens (tertiary/aromatic N) is 4. The molecule has 0 unspecified atom stereocenters. The molecule has 0 aliphatic carbocycles. The van der Waals surface area contributed by atoms with E-state index in [0.717, 1.165) is 22.2 Å². The van der Waals surface area contributed by atoms with Gasteiger partial charge in [0.25, 0.3) is 5.19 Å². The molecule has 2 aromatic carbocycles. The highest BCUT2D eigenvalue weighted by Gasteiger charge is 2.17. The van der Waals surface area contributed by atoms with Crippen LogP contribution < -0.4 is 18.9 Å². The Kier molecular flexibility index (Phi) is 5.85. The first-order chi connectivity index (χ1) is 18.1. The van der Waals surface area contributed by atoms with Gasteiger partial charge >= 0.3 is 0 Å². The fourth-order valence-corrected chi connectivity index (χ4v) is 4.70. The van der Waals surface area contributed by atoms with Crippen LogP contribution >= 0.6 is 11.3 Å². The predicted octanol–water partition coefficient (Wildman–Crippen LogP) is 5.87. The number of rotatable bonds is 8. The number of furan rings is 1. The molecular weight excluding hydrogens is 492 g/mol. The second kappa shape index (κ2) is 9.47. The van der Waals surface area contributed by atoms with Crippen molar-refractivity contribution < 1.29 is 23.4 Å². The number of imidazole rings is 1. The van der Waals surface area contributed by atoms with E-state index in [0.29, 0.717) is 51.2 Å². The average molecular weight is 515 g/mol. The Hall–Kier alpha value is -4.57. The predicted molar refractivity (Wildman–Crippen MR) is 140 cm³/mol. The van der Waals surface area contributed by atoms with Crippen LogP contribution in [0.5, 0.6) is 22.6 Å². The van der Waals surface area contributed by atoms with Crippen molar-refractivity contribution >= 4 is 27.3 Å². The van der Waals surface area contributed by atoms with Crippen molar-refractivity contribution in [1.29, 1.82) is 0 Å². The highest BCUT2D eigenvalue weighted by atomic mass is 32.1. The van der Waals surface area contributed by atoms with Crippen molar-refractivity contribution in [1.82, 2.24) is 19.6 Å². The van der Waals surface area contributed by atoms with Crippen LogP contribution in [0.25, 0.3) is 38.6 Å². The largest absolute Gasteiger partial charge is 0.496 e. The minimum atomic E-state index is 0.352. The number of benzene rings is 2. The van der Waals surface area contributed by atoms with Crippen LogP contribution in [0.4, 0.5) is 0 Å². The Bertz CT molecular complexity index is 1690. The van der Waals surface area contributed by atoms with Gasteiger partial charge in [0.2, 0.25) is 10.8 Å². The van der Waals surface area contributed by atoms with Gasteiger partial charge in [0.1, 0.15) is 29.4 Å². The molecule has 0 spiro atoms. The van der Waals surface area contributed by atoms with Gasteiger partial charge in [0, 0.05) is 23.8 Å². The zero-order valence-electron chi connectivity index (χ0n) is 20.3. The zero-order chi connectivity index (χ0) is 25.4. The Balaban J connectivity index is 1.30. The van der Waals surface area contributed by atoms with Crippen LogP contribution in [0.3, 0.4) is 0 Å². The van der Waals surface area contributed by atoms with E-state index < -0.39 is 0 Å². The molecule has 0 saturated carbocycles. The lowest BCUT2D eigenvalue weighted by atomic mass is 10.1. The molecule has 0 atom stereocenters. The van der Waals surface area contributed by atoms with Gasteiger partial charge < -0.3 is 23.4 Å². The van der Waals surface area contributed by atoms with Crippen LogP contribution in [0.2, 0.25) is 0 Å². The first-order valence-corrected chi connectivity index (χ1v) is 12.2. The number of fused-ring (bicyclic) bond motifs is 2. The van der Waals surface area contributed by atoms with Gasteiger partial charge in [0.05, 0.1) is 38.6 Å². The third-order valence-electron chi connectivity index (χ3n) is 5.81. The molecule has 9 nitrogen and oxygen atoms in total. The highest BCUT2D eigenvalue weighted by Crippen LogP contribution is 2.37. The molecule has 6 rings (SSSR count). The van der Waals surface area contributed by atoms with E-state index in [9.17, 15) is 0 Å². The van der Waals surface area contributed by atoms with Gasteiger partial charge in [-0.2, -0.15) is 0 Å². The monoisotopic (exact) mass is 514 g/mol. The number of ether oxygens (including phenoxy) is 4. The van der Waals surface area contributed by atoms with E-state index in [1.165, 1.54) is 11.3 Å². The third-order valence-corrected chi connectivity index (χ3v) is 6.69. The molecule has 186 valence electrons. The van der Waals surface area contributed by atoms with Gasteiger partial charge in [-0.25, -0.2) is 14.5 Å². The molecular formula is C27H22N4O5S. The summed E-state index contributed by atoms with van der Waals surface area (Å²) < 4.78 is 30.0. The second-order valence-electron chi connectivity index (χ2n) is 8.13. The summed E-state index contributed by atoms with van der Waals surface area (Å²) in [5.41, 5.74) is 4.11. The fraction of sp³-hybridized carbons (Fsp3) is 0.148. The molecule has 4 heterocycles. The fourth-order valence-electron chi connectivity index (χ4n) is 4.00. The minimum absolute atomic E-state index is 0.352. The summed E-state index contributed by atoms with van der Waals surface area (Å²) in [5.74, 6) is 2.46. The Labute approximate surface area is 215 Å². The van der Waals surface area contributed by atoms with E-state index in [1.54, 1.807) is 25.8 Å². The Morgan fingerprint density at radius 2 is 1.78 bits per heavy atom. The zero-order valence-corrected chi connectivity index (χ0v) is 21.1. The maximum Gasteiger partial charge on any atom is 0.294 e. The first-order valence-electron chi connectivity index (χ1n) is 11.4. The normalized spacial score (nSPS) is 11.2. The molecule has 0 bridgehead atoms. The average Bonchev–Trinajstić information content (AvgIpc) is 3.65. The SMILES string of the molecule is COc1cc(OCc2cccc(-c3cccc(OC)n3)c2)c2cc(-c3cn4nc(OC)sc4n3)oc2c1. The molecule has 0 aliphatic heterocycles. The lowest BCUT2D eigenvalue weighted by molar-refractivity contribution is 0.307. The van der Waals surface area contributed by atoms with E-state index >= 15 is 0 Å². The summed E-state index contributed by atoms with van der Waals surface area (Å²) in [6, 6.07) is 19.4. The molecule has 0 radical (unpaired) electrons. The van der Waals surface area contributed by atoms with Crippen molar-refractivity contribution in [3.8, 4) is 45.3 Å². The molecule has 0 N–H and O–H groups in total. The summed E-state index contributed by atoms with van der Waals surface area (Å²) in [6.45, 7) is 0.352. The van der Waals surface area contributed by atoms with E-state index in [-0.39, 0.29) is 0 Å². The quantitative estimate of drug-likeness (QED) is 0.249. The number of methoxy groups -OCH3 is 3. The van der Waals surface area contributed by atoms with Gasteiger partial charge in [0.15, 0.2) is 5.76 Å². The summed E-state index contributed by atoms with van der Waals surface area (Å²) >= 11 is 1.36. The minimum Gasteiger partial charge on any atom is -0.496 e. The smallest absolute Gasteiger partial charge is 0.294 e. The van der Waals surface area contributed by atoms with E-state index in [1.807, 2.05) is 60.8 Å². The molecule has 4 aromatic heterocycles. The molecule has 0 aliphatic rings. The number of pyridine rings is 1. The number of hydrogen-bond donors (Lipinski definition) is 0. The van der Waals surface area contributed by atoms with Crippen LogP contribution in [-0.4, -0.2) is 40.9 Å². The Morgan fingerprint density at radius 3 is 2.59 bits per heavy atom. The summed E-state index contributed by atoms with van der Waals surface area (Å²) in [5, 5.41) is 5.70. The second-order valence-corrected chi connectivity index (χ2v) is 9.05. The van der Waals surface area contributed by atoms with Crippen LogP contribution in [0.15, 0.2) is 71.3 Å². The summed E-state index contributed by atoms with van der Waals surface area (Å²) in [7, 11) is 4.80. The van der Waals surface area contributed by atoms with Crippen LogP contribution in [-0.2, 0) is 6.61 Å². The molecule has 0 saturated heterocycles. The number of aromatic nitrogens is 4. The highest BCUT2D eigenvalue weighted by molar-refractivity contribution is 7.18. The van der Waals surface area contributed by atoms with Gasteiger partial charge in [-0.05, 0) is 35.1 Å². The van der Waals surface area contributed by atoms with Crippen molar-refractivity contribution in [2.24, 2.45) is 0 Å². The van der Waals surface area contributed by atoms with Crippen molar-refractivity contribution in [3.63, 3.8) is 0 Å². The molecule has 0 amide bonds. The first kappa shape index (κ1) is 22.9. The lowest BCUT2D eigenvalue weighted by Gasteiger charge is -2.10. The van der Waals surface area contributed by atoms with Crippen molar-refractivity contribution in [3.05, 3.63) is 72.4 Å². The summed E-state index contributed by atoms with van der Waals surface area (Å²) in [6.07, 6.45) is 1.81. The van der Waals surface area contributed by atoms with E-state index in [2.05, 4.69) is 21.1 Å². The van der Waals surface area contributed by atoms with Gasteiger partial charge in [-0.15, -0.1) is 5.10 Å². The Morgan fingerprint density at radius 1 is 0.892 bits per heavy atom. The number of hydrogen-bond acceptors (Lipinski definition) is 9. The standard InChI is InChI=1S/C27H22N4O5S/c1-32-18-11-22(35-15-16-6-4-7-17(10-16)20-8-5-9-25(28-20)33-2)19-13-24(36-23(19)12-18)21-14-31-26(29-21)37-27(30-31)34-3/h4-14H,15H2,1-3H3. The van der Waals surface area contributed by atoms with Gasteiger partial charge in [-0.3, -0.25) is 0 Å². The molecule has 6 aromatic rings. The van der Waals surface area contributed by atoms with Crippen molar-refractivity contribution in [2.45, 2.75) is 6.61 Å². The lowest BCUT2D eigenvalue weighted by Crippen LogP contribution is -1.97. The maximum atomic E-state index is 6.27. The summed E-state index contributed by atoms with van der Waals surface area (Å²) in [4.78, 5) is 9.86. The molecule has 37 heavy (non-hydrogen) atoms. The van der Waals surface area contributed by atoms with Crippen LogP contribution in [0, 0.1) is 0 Å². The maximum absolute atomic E-state index is 6.27. The van der Waals surface area contributed by atoms with Crippen LogP contribution in [0.1, 0.15) is 5.56 Å².